The minimum atomic E-state index is -1.50. The average molecular weight is 593 g/mol. The quantitative estimate of drug-likeness (QED) is 0.100. The minimum absolute atomic E-state index is 0.0952. The zero-order valence-electron chi connectivity index (χ0n) is 23.5. The van der Waals surface area contributed by atoms with Crippen molar-refractivity contribution in [1.29, 1.82) is 0 Å². The van der Waals surface area contributed by atoms with Crippen molar-refractivity contribution >= 4 is 5.91 Å². The third kappa shape index (κ3) is 8.11. The monoisotopic (exact) mass is 592 g/mol. The van der Waals surface area contributed by atoms with E-state index < -0.39 is 91.1 Å². The van der Waals surface area contributed by atoms with Crippen LogP contribution in [0.1, 0.15) is 19.8 Å². The molecule has 0 spiro atoms. The maximum absolute atomic E-state index is 12.6. The number of hydrogen-bond acceptors (Lipinski definition) is 15. The summed E-state index contributed by atoms with van der Waals surface area (Å²) in [5, 5.41) is 70.3. The van der Waals surface area contributed by atoms with E-state index in [0.29, 0.717) is 12.2 Å². The zero-order valence-corrected chi connectivity index (χ0v) is 23.5. The van der Waals surface area contributed by atoms with Gasteiger partial charge in [-0.05, 0) is 32.9 Å². The Kier molecular flexibility index (Phi) is 12.3. The molecule has 238 valence electrons. The molecule has 16 heteroatoms. The maximum atomic E-state index is 12.6. The maximum Gasteiger partial charge on any atom is 0.250 e. The summed E-state index contributed by atoms with van der Waals surface area (Å²) < 4.78 is 17.9. The SMILES string of the molecule is CN[C@@H]1[C@@H](O)[C@@H](O[C@H]2[C@H](NC(=O)[C@H](O)CN)C[C@H](N)C([C@H]3OC(CNCC(O)CO)=CC[C@H]3N)[C@@H]2O)OC[C@]1(C)O. The Hall–Kier alpha value is -1.51. The van der Waals surface area contributed by atoms with Crippen LogP contribution in [-0.2, 0) is 19.0 Å². The van der Waals surface area contributed by atoms with Gasteiger partial charge in [-0.3, -0.25) is 4.79 Å². The third-order valence-electron chi connectivity index (χ3n) is 8.03. The van der Waals surface area contributed by atoms with Crippen molar-refractivity contribution in [2.24, 2.45) is 23.1 Å². The predicted octanol–water partition coefficient (Wildman–Crippen LogP) is -6.12. The van der Waals surface area contributed by atoms with Crippen LogP contribution in [0.15, 0.2) is 11.8 Å². The van der Waals surface area contributed by atoms with Crippen LogP contribution >= 0.6 is 0 Å². The molecule has 2 fully saturated rings. The summed E-state index contributed by atoms with van der Waals surface area (Å²) >= 11 is 0. The highest BCUT2D eigenvalue weighted by molar-refractivity contribution is 5.81. The molecule has 3 aliphatic rings. The lowest BCUT2D eigenvalue weighted by molar-refractivity contribution is -0.297. The predicted molar refractivity (Wildman–Crippen MR) is 145 cm³/mol. The molecular formula is C25H48N6O10. The molecule has 16 nitrogen and oxygen atoms in total. The first-order chi connectivity index (χ1) is 19.3. The number of amides is 1. The Morgan fingerprint density at radius 1 is 1.24 bits per heavy atom. The third-order valence-corrected chi connectivity index (χ3v) is 8.03. The topological polar surface area (TPSA) is 280 Å². The van der Waals surface area contributed by atoms with Gasteiger partial charge in [0.05, 0.1) is 44.1 Å². The second-order valence-electron chi connectivity index (χ2n) is 11.3. The molecule has 0 aromatic carbocycles. The average Bonchev–Trinajstić information content (AvgIpc) is 2.92. The molecule has 1 amide bonds. The highest BCUT2D eigenvalue weighted by Crippen LogP contribution is 2.36. The lowest BCUT2D eigenvalue weighted by Gasteiger charge is -2.50. The highest BCUT2D eigenvalue weighted by Gasteiger charge is 2.53. The molecule has 2 heterocycles. The molecule has 1 aliphatic carbocycles. The molecule has 0 aromatic rings. The van der Waals surface area contributed by atoms with Gasteiger partial charge in [-0.15, -0.1) is 0 Å². The summed E-state index contributed by atoms with van der Waals surface area (Å²) in [4.78, 5) is 12.6. The summed E-state index contributed by atoms with van der Waals surface area (Å²) in [5.74, 6) is -1.04. The van der Waals surface area contributed by atoms with Crippen molar-refractivity contribution in [3.05, 3.63) is 11.8 Å². The van der Waals surface area contributed by atoms with Crippen LogP contribution < -0.4 is 33.2 Å². The van der Waals surface area contributed by atoms with Gasteiger partial charge in [-0.2, -0.15) is 0 Å². The number of carbonyl (C=O) groups is 1. The lowest BCUT2D eigenvalue weighted by Crippen LogP contribution is -2.69. The van der Waals surface area contributed by atoms with Crippen molar-refractivity contribution < 1.29 is 49.6 Å². The van der Waals surface area contributed by atoms with E-state index >= 15 is 0 Å². The Morgan fingerprint density at radius 2 is 1.95 bits per heavy atom. The second kappa shape index (κ2) is 14.8. The first-order valence-corrected chi connectivity index (χ1v) is 13.9. The van der Waals surface area contributed by atoms with E-state index in [1.807, 2.05) is 0 Å². The molecular weight excluding hydrogens is 544 g/mol. The Labute approximate surface area is 239 Å². The highest BCUT2D eigenvalue weighted by atomic mass is 16.7. The largest absolute Gasteiger partial charge is 0.492 e. The van der Waals surface area contributed by atoms with Crippen molar-refractivity contribution in [3.63, 3.8) is 0 Å². The van der Waals surface area contributed by atoms with Gasteiger partial charge < -0.3 is 78.0 Å². The molecule has 2 unspecified atom stereocenters. The molecule has 1 saturated carbocycles. The van der Waals surface area contributed by atoms with Gasteiger partial charge in [-0.1, -0.05) is 0 Å². The standard InChI is InChI=1S/C25H48N6O10/c1-25(38)10-39-24(19(36)22(25)29-2)41-21-15(31-23(37)16(34)6-26)5-14(28)17(18(21)35)20-13(27)4-3-12(40-20)8-30-7-11(33)9-32/h3,11,13-22,24,29-30,32-36,38H,4-10,26-28H2,1-2H3,(H,31,37)/t11?,13-,14+,15-,16-,17?,18+,19-,20+,21+,22-,24-,25+/m1/s1. The fourth-order valence-corrected chi connectivity index (χ4v) is 5.77. The van der Waals surface area contributed by atoms with E-state index in [4.69, 9.17) is 36.5 Å². The van der Waals surface area contributed by atoms with Crippen LogP contribution in [-0.4, -0.2) is 149 Å². The second-order valence-corrected chi connectivity index (χ2v) is 11.3. The molecule has 0 radical (unpaired) electrons. The van der Waals surface area contributed by atoms with Crippen LogP contribution in [0, 0.1) is 5.92 Å². The van der Waals surface area contributed by atoms with Gasteiger partial charge in [-0.25, -0.2) is 0 Å². The van der Waals surface area contributed by atoms with E-state index in [9.17, 15) is 30.3 Å². The van der Waals surface area contributed by atoms with Crippen molar-refractivity contribution in [2.75, 3.05) is 39.9 Å². The summed E-state index contributed by atoms with van der Waals surface area (Å²) in [7, 11) is 1.57. The summed E-state index contributed by atoms with van der Waals surface area (Å²) in [6, 6.07) is -3.01. The van der Waals surface area contributed by atoms with Crippen LogP contribution in [0.5, 0.6) is 0 Å². The van der Waals surface area contributed by atoms with Crippen LogP contribution in [0.3, 0.4) is 0 Å². The summed E-state index contributed by atoms with van der Waals surface area (Å²) in [6.07, 6.45) is -6.08. The van der Waals surface area contributed by atoms with Crippen LogP contribution in [0.2, 0.25) is 0 Å². The number of likely N-dealkylation sites (N-methyl/N-ethyl adjacent to an activating group) is 1. The van der Waals surface area contributed by atoms with Gasteiger partial charge >= 0.3 is 0 Å². The van der Waals surface area contributed by atoms with Crippen LogP contribution in [0.4, 0.5) is 0 Å². The normalized spacial score (nSPS) is 41.2. The van der Waals surface area contributed by atoms with E-state index in [-0.39, 0.29) is 32.7 Å². The fraction of sp³-hybridized carbons (Fsp3) is 0.880. The number of aliphatic hydroxyl groups excluding tert-OH is 5. The van der Waals surface area contributed by atoms with E-state index in [0.717, 1.165) is 0 Å². The van der Waals surface area contributed by atoms with Crippen molar-refractivity contribution in [2.45, 2.75) is 92.4 Å². The minimum Gasteiger partial charge on any atom is -0.492 e. The van der Waals surface area contributed by atoms with Gasteiger partial charge in [0.25, 0.3) is 0 Å². The molecule has 0 aromatic heterocycles. The number of carbonyl (C=O) groups excluding carboxylic acids is 1. The molecule has 13 atom stereocenters. The number of nitrogens with one attached hydrogen (secondary N) is 3. The lowest BCUT2D eigenvalue weighted by atomic mass is 9.72. The Morgan fingerprint density at radius 3 is 2.59 bits per heavy atom. The van der Waals surface area contributed by atoms with E-state index in [2.05, 4.69) is 16.0 Å². The summed E-state index contributed by atoms with van der Waals surface area (Å²) in [5.41, 5.74) is 17.0. The van der Waals surface area contributed by atoms with E-state index in [1.165, 1.54) is 6.92 Å². The first kappa shape index (κ1) is 34.0. The van der Waals surface area contributed by atoms with Gasteiger partial charge in [0.1, 0.15) is 35.8 Å². The number of hydrogen-bond donors (Lipinski definition) is 12. The summed E-state index contributed by atoms with van der Waals surface area (Å²) in [6.45, 7) is 0.973. The van der Waals surface area contributed by atoms with Crippen LogP contribution in [0.25, 0.3) is 0 Å². The number of ether oxygens (including phenoxy) is 3. The smallest absolute Gasteiger partial charge is 0.250 e. The Balaban J connectivity index is 1.82. The van der Waals surface area contributed by atoms with Gasteiger partial charge in [0, 0.05) is 31.1 Å². The fourth-order valence-electron chi connectivity index (χ4n) is 5.77. The van der Waals surface area contributed by atoms with Gasteiger partial charge in [0.2, 0.25) is 5.91 Å². The molecule has 3 rings (SSSR count). The molecule has 41 heavy (non-hydrogen) atoms. The van der Waals surface area contributed by atoms with Crippen molar-refractivity contribution in [3.8, 4) is 0 Å². The molecule has 1 saturated heterocycles. The molecule has 15 N–H and O–H groups in total. The molecule has 0 bridgehead atoms. The number of rotatable bonds is 12. The van der Waals surface area contributed by atoms with Crippen molar-refractivity contribution in [1.82, 2.24) is 16.0 Å². The zero-order chi connectivity index (χ0) is 30.5. The number of nitrogens with two attached hydrogens (primary N) is 3. The number of aliphatic hydroxyl groups is 6. The Bertz CT molecular complexity index is 884. The van der Waals surface area contributed by atoms with E-state index in [1.54, 1.807) is 13.1 Å². The first-order valence-electron chi connectivity index (χ1n) is 13.9. The van der Waals surface area contributed by atoms with Gasteiger partial charge in [0.15, 0.2) is 6.29 Å². The molecule has 2 aliphatic heterocycles.